The molecule has 0 aromatic heterocycles. The van der Waals surface area contributed by atoms with Crippen LogP contribution in [0.3, 0.4) is 0 Å². The molecule has 1 heterocycles. The van der Waals surface area contributed by atoms with E-state index in [4.69, 9.17) is 4.74 Å². The van der Waals surface area contributed by atoms with Gasteiger partial charge >= 0.3 is 5.97 Å². The highest BCUT2D eigenvalue weighted by molar-refractivity contribution is 7.89. The lowest BCUT2D eigenvalue weighted by Gasteiger charge is -2.22. The van der Waals surface area contributed by atoms with E-state index in [1.165, 1.54) is 0 Å². The second-order valence-corrected chi connectivity index (χ2v) is 7.58. The first-order valence-electron chi connectivity index (χ1n) is 8.07. The molecule has 2 rings (SSSR count). The van der Waals surface area contributed by atoms with Gasteiger partial charge in [0.05, 0.1) is 4.90 Å². The van der Waals surface area contributed by atoms with Crippen molar-refractivity contribution < 1.29 is 27.1 Å². The fourth-order valence-corrected chi connectivity index (χ4v) is 4.20. The Morgan fingerprint density at radius 2 is 2.00 bits per heavy atom. The molecule has 1 aliphatic rings. The van der Waals surface area contributed by atoms with Crippen molar-refractivity contribution >= 4 is 21.9 Å². The highest BCUT2D eigenvalue weighted by Gasteiger charge is 2.40. The van der Waals surface area contributed by atoms with E-state index < -0.39 is 40.4 Å². The zero-order valence-electron chi connectivity index (χ0n) is 13.9. The van der Waals surface area contributed by atoms with E-state index in [1.54, 1.807) is 0 Å². The van der Waals surface area contributed by atoms with Crippen molar-refractivity contribution in [3.05, 3.63) is 30.1 Å². The SMILES string of the molecule is CCCNC(=O)COC(=O)[C@@H]1CCCN1S(=O)(=O)c1ccc(F)cc1. The van der Waals surface area contributed by atoms with Crippen molar-refractivity contribution in [2.24, 2.45) is 0 Å². The quantitative estimate of drug-likeness (QED) is 0.722. The molecular formula is C16H21FN2O5S. The Hall–Kier alpha value is -2.00. The van der Waals surface area contributed by atoms with Crippen LogP contribution < -0.4 is 5.32 Å². The lowest BCUT2D eigenvalue weighted by atomic mass is 10.2. The van der Waals surface area contributed by atoms with Gasteiger partial charge in [-0.2, -0.15) is 4.31 Å². The van der Waals surface area contributed by atoms with E-state index in [1.807, 2.05) is 6.92 Å². The molecule has 0 radical (unpaired) electrons. The summed E-state index contributed by atoms with van der Waals surface area (Å²) < 4.78 is 44.3. The van der Waals surface area contributed by atoms with Crippen LogP contribution in [0, 0.1) is 5.82 Å². The van der Waals surface area contributed by atoms with Gasteiger partial charge in [-0.15, -0.1) is 0 Å². The number of halogens is 1. The molecule has 7 nitrogen and oxygen atoms in total. The van der Waals surface area contributed by atoms with E-state index >= 15 is 0 Å². The fraction of sp³-hybridized carbons (Fsp3) is 0.500. The molecule has 0 spiro atoms. The molecule has 1 aromatic rings. The summed E-state index contributed by atoms with van der Waals surface area (Å²) in [7, 11) is -3.94. The number of carbonyl (C=O) groups is 2. The summed E-state index contributed by atoms with van der Waals surface area (Å²) >= 11 is 0. The van der Waals surface area contributed by atoms with Crippen LogP contribution in [0.5, 0.6) is 0 Å². The third-order valence-electron chi connectivity index (χ3n) is 3.81. The standard InChI is InChI=1S/C16H21FN2O5S/c1-2-9-18-15(20)11-24-16(21)14-4-3-10-19(14)25(22,23)13-7-5-12(17)6-8-13/h5-8,14H,2-4,9-11H2,1H3,(H,18,20)/t14-/m0/s1. The fourth-order valence-electron chi connectivity index (χ4n) is 2.55. The van der Waals surface area contributed by atoms with E-state index in [9.17, 15) is 22.4 Å². The minimum Gasteiger partial charge on any atom is -0.454 e. The van der Waals surface area contributed by atoms with Crippen molar-refractivity contribution in [2.75, 3.05) is 19.7 Å². The Morgan fingerprint density at radius 3 is 2.64 bits per heavy atom. The number of esters is 1. The van der Waals surface area contributed by atoms with Crippen molar-refractivity contribution in [3.63, 3.8) is 0 Å². The number of amides is 1. The van der Waals surface area contributed by atoms with Gasteiger partial charge in [-0.3, -0.25) is 9.59 Å². The zero-order chi connectivity index (χ0) is 18.4. The molecule has 9 heteroatoms. The van der Waals surface area contributed by atoms with Crippen LogP contribution >= 0.6 is 0 Å². The van der Waals surface area contributed by atoms with Gasteiger partial charge in [0.25, 0.3) is 5.91 Å². The van der Waals surface area contributed by atoms with E-state index in [0.29, 0.717) is 19.4 Å². The molecule has 0 aliphatic carbocycles. The van der Waals surface area contributed by atoms with Gasteiger partial charge in [-0.05, 0) is 43.5 Å². The van der Waals surface area contributed by atoms with Gasteiger partial charge < -0.3 is 10.1 Å². The largest absolute Gasteiger partial charge is 0.454 e. The molecule has 0 unspecified atom stereocenters. The van der Waals surface area contributed by atoms with Gasteiger partial charge in [0, 0.05) is 13.1 Å². The lowest BCUT2D eigenvalue weighted by Crippen LogP contribution is -2.42. The van der Waals surface area contributed by atoms with Crippen LogP contribution in [0.15, 0.2) is 29.2 Å². The molecular weight excluding hydrogens is 351 g/mol. The van der Waals surface area contributed by atoms with Crippen LogP contribution in [0.25, 0.3) is 0 Å². The van der Waals surface area contributed by atoms with Crippen molar-refractivity contribution in [3.8, 4) is 0 Å². The number of nitrogens with zero attached hydrogens (tertiary/aromatic N) is 1. The summed E-state index contributed by atoms with van der Waals surface area (Å²) in [4.78, 5) is 23.6. The molecule has 1 amide bonds. The number of rotatable bonds is 7. The van der Waals surface area contributed by atoms with Crippen LogP contribution in [-0.4, -0.2) is 50.3 Å². The molecule has 1 atom stereocenters. The van der Waals surface area contributed by atoms with Gasteiger partial charge in [-0.25, -0.2) is 12.8 Å². The smallest absolute Gasteiger partial charge is 0.324 e. The molecule has 0 saturated carbocycles. The minimum atomic E-state index is -3.94. The van der Waals surface area contributed by atoms with Crippen molar-refractivity contribution in [1.82, 2.24) is 9.62 Å². The number of hydrogen-bond acceptors (Lipinski definition) is 5. The first-order chi connectivity index (χ1) is 11.9. The maximum atomic E-state index is 13.0. The van der Waals surface area contributed by atoms with Gasteiger partial charge in [0.1, 0.15) is 11.9 Å². The van der Waals surface area contributed by atoms with Crippen molar-refractivity contribution in [2.45, 2.75) is 37.1 Å². The average Bonchev–Trinajstić information content (AvgIpc) is 3.09. The van der Waals surface area contributed by atoms with E-state index in [2.05, 4.69) is 5.32 Å². The highest BCUT2D eigenvalue weighted by Crippen LogP contribution is 2.27. The minimum absolute atomic E-state index is 0.0886. The van der Waals surface area contributed by atoms with Gasteiger partial charge in [0.15, 0.2) is 6.61 Å². The molecule has 1 fully saturated rings. The molecule has 138 valence electrons. The summed E-state index contributed by atoms with van der Waals surface area (Å²) in [6.07, 6.45) is 1.57. The van der Waals surface area contributed by atoms with E-state index in [0.717, 1.165) is 35.0 Å². The monoisotopic (exact) mass is 372 g/mol. The number of carbonyl (C=O) groups excluding carboxylic acids is 2. The van der Waals surface area contributed by atoms with E-state index in [-0.39, 0.29) is 11.4 Å². The highest BCUT2D eigenvalue weighted by atomic mass is 32.2. The summed E-state index contributed by atoms with van der Waals surface area (Å²) in [5.74, 6) is -1.73. The number of benzene rings is 1. The third kappa shape index (κ3) is 4.76. The topological polar surface area (TPSA) is 92.8 Å². The Labute approximate surface area is 146 Å². The van der Waals surface area contributed by atoms with Crippen molar-refractivity contribution in [1.29, 1.82) is 0 Å². The summed E-state index contributed by atoms with van der Waals surface area (Å²) in [5.41, 5.74) is 0. The Bertz CT molecular complexity index is 721. The molecule has 1 aliphatic heterocycles. The Balaban J connectivity index is 2.05. The number of hydrogen-bond donors (Lipinski definition) is 1. The number of ether oxygens (including phenoxy) is 1. The first-order valence-corrected chi connectivity index (χ1v) is 9.51. The lowest BCUT2D eigenvalue weighted by molar-refractivity contribution is -0.151. The third-order valence-corrected chi connectivity index (χ3v) is 5.74. The number of nitrogens with one attached hydrogen (secondary N) is 1. The summed E-state index contributed by atoms with van der Waals surface area (Å²) in [6.45, 7) is 2.09. The average molecular weight is 372 g/mol. The summed E-state index contributed by atoms with van der Waals surface area (Å²) in [5, 5.41) is 2.57. The Kier molecular flexibility index (Phi) is 6.49. The van der Waals surface area contributed by atoms with Crippen LogP contribution in [-0.2, 0) is 24.3 Å². The van der Waals surface area contributed by atoms with Gasteiger partial charge in [-0.1, -0.05) is 6.92 Å². The molecule has 0 bridgehead atoms. The predicted molar refractivity (Wildman–Crippen MR) is 87.6 cm³/mol. The molecule has 25 heavy (non-hydrogen) atoms. The molecule has 1 saturated heterocycles. The Morgan fingerprint density at radius 1 is 1.32 bits per heavy atom. The van der Waals surface area contributed by atoms with Gasteiger partial charge in [0.2, 0.25) is 10.0 Å². The van der Waals surface area contributed by atoms with Crippen LogP contribution in [0.4, 0.5) is 4.39 Å². The maximum absolute atomic E-state index is 13.0. The predicted octanol–water partition coefficient (Wildman–Crippen LogP) is 1.05. The van der Waals surface area contributed by atoms with Crippen LogP contribution in [0.2, 0.25) is 0 Å². The first kappa shape index (κ1) is 19.3. The summed E-state index contributed by atoms with van der Waals surface area (Å²) in [6, 6.07) is 3.43. The second kappa shape index (κ2) is 8.39. The normalized spacial score (nSPS) is 18.1. The second-order valence-electron chi connectivity index (χ2n) is 5.69. The number of sulfonamides is 1. The zero-order valence-corrected chi connectivity index (χ0v) is 14.7. The maximum Gasteiger partial charge on any atom is 0.324 e. The molecule has 1 N–H and O–H groups in total. The molecule has 1 aromatic carbocycles. The van der Waals surface area contributed by atoms with Crippen LogP contribution in [0.1, 0.15) is 26.2 Å².